The topological polar surface area (TPSA) is 47.8 Å². The molecule has 78 valence electrons. The Morgan fingerprint density at radius 2 is 2.20 bits per heavy atom. The van der Waals surface area contributed by atoms with Crippen molar-refractivity contribution in [3.63, 3.8) is 0 Å². The predicted octanol–water partition coefficient (Wildman–Crippen LogP) is 2.05. The molecule has 2 rings (SSSR count). The molecule has 0 atom stereocenters. The highest BCUT2D eigenvalue weighted by molar-refractivity contribution is 7.16. The van der Waals surface area contributed by atoms with Crippen molar-refractivity contribution in [2.24, 2.45) is 7.05 Å². The third-order valence-electron chi connectivity index (χ3n) is 2.32. The minimum absolute atomic E-state index is 0.0558. The fourth-order valence-corrected chi connectivity index (χ4v) is 2.14. The van der Waals surface area contributed by atoms with Crippen molar-refractivity contribution in [3.8, 4) is 10.6 Å². The smallest absolute Gasteiger partial charge is 0.171 e. The van der Waals surface area contributed by atoms with Gasteiger partial charge in [-0.05, 0) is 6.92 Å². The first-order valence-corrected chi connectivity index (χ1v) is 5.37. The summed E-state index contributed by atoms with van der Waals surface area (Å²) in [6.07, 6.45) is 3.40. The third-order valence-corrected chi connectivity index (χ3v) is 3.45. The Balaban J connectivity index is 2.46. The molecular weight excluding hydrogens is 210 g/mol. The summed E-state index contributed by atoms with van der Waals surface area (Å²) in [5.74, 6) is 0.0558. The van der Waals surface area contributed by atoms with Crippen LogP contribution >= 0.6 is 11.3 Å². The van der Waals surface area contributed by atoms with E-state index in [2.05, 4.69) is 10.1 Å². The van der Waals surface area contributed by atoms with Gasteiger partial charge in [-0.1, -0.05) is 0 Å². The molecule has 0 aliphatic heterocycles. The molecule has 0 saturated heterocycles. The summed E-state index contributed by atoms with van der Waals surface area (Å²) in [6.45, 7) is 3.53. The van der Waals surface area contributed by atoms with Crippen LogP contribution in [-0.2, 0) is 7.05 Å². The van der Waals surface area contributed by atoms with Gasteiger partial charge in [0, 0.05) is 25.9 Å². The molecule has 0 N–H and O–H groups in total. The van der Waals surface area contributed by atoms with Crippen molar-refractivity contribution in [2.45, 2.75) is 13.8 Å². The van der Waals surface area contributed by atoms with Crippen LogP contribution in [0.3, 0.4) is 0 Å². The predicted molar refractivity (Wildman–Crippen MR) is 59.1 cm³/mol. The summed E-state index contributed by atoms with van der Waals surface area (Å²) in [5, 5.41) is 5.00. The molecule has 0 fully saturated rings. The molecule has 0 spiro atoms. The maximum absolute atomic E-state index is 11.1. The molecule has 0 unspecified atom stereocenters. The molecular formula is C10H11N3OS. The van der Waals surface area contributed by atoms with E-state index < -0.39 is 0 Å². The van der Waals surface area contributed by atoms with Gasteiger partial charge in [0.25, 0.3) is 0 Å². The van der Waals surface area contributed by atoms with Crippen molar-refractivity contribution in [1.82, 2.24) is 14.8 Å². The SMILES string of the molecule is CC(=O)c1cnc(-c2cnn(C)c2C)s1. The first-order valence-electron chi connectivity index (χ1n) is 4.55. The number of carbonyl (C=O) groups excluding carboxylic acids is 1. The number of ketones is 1. The highest BCUT2D eigenvalue weighted by atomic mass is 32.1. The molecule has 0 bridgehead atoms. The fourth-order valence-electron chi connectivity index (χ4n) is 1.27. The van der Waals surface area contributed by atoms with Crippen LogP contribution in [0.2, 0.25) is 0 Å². The van der Waals surface area contributed by atoms with E-state index in [0.717, 1.165) is 16.3 Å². The second-order valence-electron chi connectivity index (χ2n) is 3.35. The van der Waals surface area contributed by atoms with Gasteiger partial charge in [-0.2, -0.15) is 5.10 Å². The highest BCUT2D eigenvalue weighted by Gasteiger charge is 2.12. The van der Waals surface area contributed by atoms with Gasteiger partial charge >= 0.3 is 0 Å². The van der Waals surface area contributed by atoms with Crippen LogP contribution in [0.25, 0.3) is 10.6 Å². The molecule has 15 heavy (non-hydrogen) atoms. The Labute approximate surface area is 91.6 Å². The van der Waals surface area contributed by atoms with Crippen LogP contribution in [0.1, 0.15) is 22.3 Å². The monoisotopic (exact) mass is 221 g/mol. The molecule has 0 aliphatic carbocycles. The van der Waals surface area contributed by atoms with E-state index in [-0.39, 0.29) is 5.78 Å². The lowest BCUT2D eigenvalue weighted by Crippen LogP contribution is -1.92. The summed E-state index contributed by atoms with van der Waals surface area (Å²) < 4.78 is 1.80. The van der Waals surface area contributed by atoms with E-state index in [0.29, 0.717) is 4.88 Å². The standard InChI is InChI=1S/C10H11N3OS/c1-6-8(4-12-13(6)3)10-11-5-9(15-10)7(2)14/h4-5H,1-3H3. The van der Waals surface area contributed by atoms with E-state index in [4.69, 9.17) is 0 Å². The summed E-state index contributed by atoms with van der Waals surface area (Å²) in [7, 11) is 1.89. The van der Waals surface area contributed by atoms with Gasteiger partial charge in [0.05, 0.1) is 16.6 Å². The van der Waals surface area contributed by atoms with Crippen LogP contribution in [0.4, 0.5) is 0 Å². The number of aromatic nitrogens is 3. The molecule has 2 aromatic rings. The number of carbonyl (C=O) groups is 1. The molecule has 2 aromatic heterocycles. The van der Waals surface area contributed by atoms with Gasteiger partial charge in [-0.3, -0.25) is 9.48 Å². The van der Waals surface area contributed by atoms with Gasteiger partial charge in [0.1, 0.15) is 5.01 Å². The summed E-state index contributed by atoms with van der Waals surface area (Å²) in [4.78, 5) is 16.0. The Hall–Kier alpha value is -1.49. The van der Waals surface area contributed by atoms with Crippen LogP contribution in [0.5, 0.6) is 0 Å². The number of nitrogens with zero attached hydrogens (tertiary/aromatic N) is 3. The summed E-state index contributed by atoms with van der Waals surface area (Å²) >= 11 is 1.41. The number of rotatable bonds is 2. The van der Waals surface area contributed by atoms with Crippen LogP contribution < -0.4 is 0 Å². The molecule has 2 heterocycles. The number of hydrogen-bond donors (Lipinski definition) is 0. The minimum Gasteiger partial charge on any atom is -0.294 e. The molecule has 0 radical (unpaired) electrons. The number of aryl methyl sites for hydroxylation is 1. The maximum Gasteiger partial charge on any atom is 0.171 e. The van der Waals surface area contributed by atoms with Crippen molar-refractivity contribution in [1.29, 1.82) is 0 Å². The van der Waals surface area contributed by atoms with E-state index in [1.807, 2.05) is 14.0 Å². The van der Waals surface area contributed by atoms with E-state index in [1.165, 1.54) is 11.3 Å². The van der Waals surface area contributed by atoms with E-state index >= 15 is 0 Å². The van der Waals surface area contributed by atoms with Crippen molar-refractivity contribution < 1.29 is 4.79 Å². The number of thiazole rings is 1. The zero-order valence-electron chi connectivity index (χ0n) is 8.81. The molecule has 0 aliphatic rings. The first-order chi connectivity index (χ1) is 7.09. The van der Waals surface area contributed by atoms with Crippen molar-refractivity contribution >= 4 is 17.1 Å². The summed E-state index contributed by atoms with van der Waals surface area (Å²) in [6, 6.07) is 0. The van der Waals surface area contributed by atoms with Crippen LogP contribution in [-0.4, -0.2) is 20.5 Å². The third kappa shape index (κ3) is 1.70. The van der Waals surface area contributed by atoms with Gasteiger partial charge in [-0.15, -0.1) is 11.3 Å². The second-order valence-corrected chi connectivity index (χ2v) is 4.38. The van der Waals surface area contributed by atoms with Gasteiger partial charge in [0.2, 0.25) is 0 Å². The second kappa shape index (κ2) is 3.58. The number of hydrogen-bond acceptors (Lipinski definition) is 4. The fraction of sp³-hybridized carbons (Fsp3) is 0.300. The Morgan fingerprint density at radius 3 is 2.67 bits per heavy atom. The molecule has 4 nitrogen and oxygen atoms in total. The van der Waals surface area contributed by atoms with E-state index in [9.17, 15) is 4.79 Å². The Morgan fingerprint density at radius 1 is 1.47 bits per heavy atom. The lowest BCUT2D eigenvalue weighted by molar-refractivity contribution is 0.102. The first kappa shape index (κ1) is 10.0. The average Bonchev–Trinajstić information content (AvgIpc) is 2.76. The Bertz CT molecular complexity index is 512. The highest BCUT2D eigenvalue weighted by Crippen LogP contribution is 2.27. The molecule has 5 heteroatoms. The van der Waals surface area contributed by atoms with Crippen LogP contribution in [0.15, 0.2) is 12.4 Å². The Kier molecular flexibility index (Phi) is 2.40. The van der Waals surface area contributed by atoms with Crippen molar-refractivity contribution in [2.75, 3.05) is 0 Å². The largest absolute Gasteiger partial charge is 0.294 e. The molecule has 0 amide bonds. The normalized spacial score (nSPS) is 10.6. The lowest BCUT2D eigenvalue weighted by Gasteiger charge is -1.94. The maximum atomic E-state index is 11.1. The number of Topliss-reactive ketones (excluding diaryl/α,β-unsaturated/α-hetero) is 1. The van der Waals surface area contributed by atoms with Crippen molar-refractivity contribution in [3.05, 3.63) is 23.0 Å². The van der Waals surface area contributed by atoms with Gasteiger partial charge in [-0.25, -0.2) is 4.98 Å². The van der Waals surface area contributed by atoms with E-state index in [1.54, 1.807) is 24.0 Å². The molecule has 0 saturated carbocycles. The average molecular weight is 221 g/mol. The molecule has 0 aromatic carbocycles. The zero-order chi connectivity index (χ0) is 11.0. The minimum atomic E-state index is 0.0558. The van der Waals surface area contributed by atoms with Gasteiger partial charge in [0.15, 0.2) is 5.78 Å². The quantitative estimate of drug-likeness (QED) is 0.729. The van der Waals surface area contributed by atoms with Gasteiger partial charge < -0.3 is 0 Å². The van der Waals surface area contributed by atoms with Crippen LogP contribution in [0, 0.1) is 6.92 Å². The summed E-state index contributed by atoms with van der Waals surface area (Å²) in [5.41, 5.74) is 2.05. The zero-order valence-corrected chi connectivity index (χ0v) is 9.63. The lowest BCUT2D eigenvalue weighted by atomic mass is 10.3.